The molecule has 4 aliphatic rings. The van der Waals surface area contributed by atoms with Crippen LogP contribution >= 0.6 is 0 Å². The van der Waals surface area contributed by atoms with Crippen LogP contribution in [0.2, 0.25) is 0 Å². The lowest BCUT2D eigenvalue weighted by atomic mass is 9.39. The van der Waals surface area contributed by atoms with Gasteiger partial charge in [0, 0.05) is 28.8 Å². The Morgan fingerprint density at radius 1 is 0.976 bits per heavy atom. The van der Waals surface area contributed by atoms with Gasteiger partial charge in [0.15, 0.2) is 5.78 Å². The van der Waals surface area contributed by atoms with Gasteiger partial charge < -0.3 is 16.6 Å². The smallest absolute Gasteiger partial charge is 0.163 e. The molecule has 5 rings (SSSR count). The Balaban J connectivity index is 1.38. The Kier molecular flexibility index (Phi) is 8.49. The molecule has 41 heavy (non-hydrogen) atoms. The number of hydrogen-bond donors (Lipinski definition) is 3. The average Bonchev–Trinajstić information content (AvgIpc) is 3.27. The van der Waals surface area contributed by atoms with Crippen LogP contribution in [0.1, 0.15) is 129 Å². The van der Waals surface area contributed by atoms with E-state index in [1.807, 2.05) is 0 Å². The third-order valence-corrected chi connectivity index (χ3v) is 13.6. The van der Waals surface area contributed by atoms with Gasteiger partial charge in [0.05, 0.1) is 6.10 Å². The predicted molar refractivity (Wildman–Crippen MR) is 171 cm³/mol. The van der Waals surface area contributed by atoms with Gasteiger partial charge in [-0.2, -0.15) is 0 Å². The SMILES string of the molecule is CCC1(CC(=O)c2cc(N)cc(N)c2)C(O)CCC2(C)C3CCC4(C)C(C(C)CCC=C(C)C)CCC4C3CCC21. The Bertz CT molecular complexity index is 1140. The number of aliphatic hydroxyl groups excluding tert-OH is 1. The van der Waals surface area contributed by atoms with Gasteiger partial charge in [0.25, 0.3) is 0 Å². The van der Waals surface area contributed by atoms with Gasteiger partial charge in [0.2, 0.25) is 0 Å². The Morgan fingerprint density at radius 3 is 2.29 bits per heavy atom. The number of ketones is 1. The van der Waals surface area contributed by atoms with Gasteiger partial charge in [0.1, 0.15) is 0 Å². The second kappa shape index (κ2) is 11.4. The van der Waals surface area contributed by atoms with Gasteiger partial charge in [-0.05, 0) is 149 Å². The van der Waals surface area contributed by atoms with E-state index in [2.05, 4.69) is 47.6 Å². The van der Waals surface area contributed by atoms with E-state index in [4.69, 9.17) is 11.5 Å². The van der Waals surface area contributed by atoms with Crippen molar-refractivity contribution >= 4 is 17.2 Å². The number of Topliss-reactive ketones (excluding diaryl/α,β-unsaturated/α-hetero) is 1. The molecule has 4 fully saturated rings. The first-order valence-electron chi connectivity index (χ1n) is 16.9. The number of rotatable bonds is 8. The molecule has 4 saturated carbocycles. The van der Waals surface area contributed by atoms with Crippen molar-refractivity contribution < 1.29 is 9.90 Å². The molecule has 0 amide bonds. The van der Waals surface area contributed by atoms with Crippen LogP contribution in [0.4, 0.5) is 11.4 Å². The van der Waals surface area contributed by atoms with Crippen molar-refractivity contribution in [2.75, 3.05) is 11.5 Å². The summed E-state index contributed by atoms with van der Waals surface area (Å²) in [7, 11) is 0. The fourth-order valence-electron chi connectivity index (χ4n) is 11.6. The zero-order valence-electron chi connectivity index (χ0n) is 26.8. The zero-order chi connectivity index (χ0) is 29.7. The number of nitrogen functional groups attached to an aromatic ring is 2. The molecule has 0 heterocycles. The van der Waals surface area contributed by atoms with Crippen LogP contribution in [-0.2, 0) is 0 Å². The predicted octanol–water partition coefficient (Wildman–Crippen LogP) is 8.83. The highest BCUT2D eigenvalue weighted by atomic mass is 16.3. The minimum absolute atomic E-state index is 0.0771. The molecule has 0 radical (unpaired) electrons. The van der Waals surface area contributed by atoms with Crippen LogP contribution in [0, 0.1) is 51.8 Å². The number of anilines is 2. The lowest BCUT2D eigenvalue weighted by Crippen LogP contribution is -2.61. The molecule has 1 aromatic rings. The quantitative estimate of drug-likeness (QED) is 0.168. The summed E-state index contributed by atoms with van der Waals surface area (Å²) in [6.45, 7) is 14.4. The molecular weight excluding hydrogens is 504 g/mol. The molecule has 0 aliphatic heterocycles. The molecule has 4 heteroatoms. The molecule has 4 nitrogen and oxygen atoms in total. The first kappa shape index (κ1) is 30.6. The lowest BCUT2D eigenvalue weighted by Gasteiger charge is -2.66. The van der Waals surface area contributed by atoms with E-state index in [9.17, 15) is 9.90 Å². The van der Waals surface area contributed by atoms with E-state index in [0.29, 0.717) is 40.6 Å². The molecular formula is C37H58N2O2. The number of carbonyl (C=O) groups excluding carboxylic acids is 1. The highest BCUT2D eigenvalue weighted by molar-refractivity contribution is 5.98. The Hall–Kier alpha value is -1.81. The summed E-state index contributed by atoms with van der Waals surface area (Å²) in [5.41, 5.74) is 15.5. The Labute approximate surface area is 250 Å². The highest BCUT2D eigenvalue weighted by Crippen LogP contribution is 2.71. The number of hydrogen-bond acceptors (Lipinski definition) is 4. The first-order chi connectivity index (χ1) is 19.4. The molecule has 0 bridgehead atoms. The molecule has 5 N–H and O–H groups in total. The zero-order valence-corrected chi connectivity index (χ0v) is 26.8. The largest absolute Gasteiger partial charge is 0.399 e. The molecule has 0 saturated heterocycles. The fourth-order valence-corrected chi connectivity index (χ4v) is 11.6. The van der Waals surface area contributed by atoms with E-state index < -0.39 is 6.10 Å². The van der Waals surface area contributed by atoms with Crippen molar-refractivity contribution in [2.24, 2.45) is 51.8 Å². The standard InChI is InChI=1S/C37H58N2O2/c1-7-37(22-32(40)25-19-26(38)21-27(39)20-25)33-14-11-28-30-13-12-29(24(4)10-8-9-23(2)3)35(30,5)17-15-31(28)36(33,6)18-16-34(37)41/h9,19-21,24,28-31,33-34,41H,7-8,10-18,22,38-39H2,1-6H3. The fraction of sp³-hybridized carbons (Fsp3) is 0.757. The van der Waals surface area contributed by atoms with E-state index in [1.54, 1.807) is 18.2 Å². The van der Waals surface area contributed by atoms with Crippen molar-refractivity contribution in [2.45, 2.75) is 125 Å². The summed E-state index contributed by atoms with van der Waals surface area (Å²) < 4.78 is 0. The molecule has 4 aliphatic carbocycles. The van der Waals surface area contributed by atoms with Crippen molar-refractivity contribution in [3.8, 4) is 0 Å². The van der Waals surface area contributed by atoms with Gasteiger partial charge in [-0.1, -0.05) is 39.3 Å². The summed E-state index contributed by atoms with van der Waals surface area (Å²) in [5.74, 6) is 4.40. The third kappa shape index (κ3) is 5.19. The Morgan fingerprint density at radius 2 is 1.63 bits per heavy atom. The molecule has 10 atom stereocenters. The summed E-state index contributed by atoms with van der Waals surface area (Å²) in [4.78, 5) is 13.8. The van der Waals surface area contributed by atoms with Gasteiger partial charge in [-0.25, -0.2) is 0 Å². The minimum Gasteiger partial charge on any atom is -0.399 e. The monoisotopic (exact) mass is 562 g/mol. The van der Waals surface area contributed by atoms with Crippen LogP contribution in [0.5, 0.6) is 0 Å². The normalized spacial score (nSPS) is 40.7. The number of benzene rings is 1. The van der Waals surface area contributed by atoms with Crippen LogP contribution in [0.25, 0.3) is 0 Å². The summed E-state index contributed by atoms with van der Waals surface area (Å²) in [6, 6.07) is 5.22. The van der Waals surface area contributed by atoms with Crippen LogP contribution in [0.15, 0.2) is 29.8 Å². The van der Waals surface area contributed by atoms with E-state index in [0.717, 1.165) is 49.4 Å². The van der Waals surface area contributed by atoms with Crippen molar-refractivity contribution in [1.29, 1.82) is 0 Å². The minimum atomic E-state index is -0.434. The number of carbonyl (C=O) groups is 1. The van der Waals surface area contributed by atoms with Crippen molar-refractivity contribution in [1.82, 2.24) is 0 Å². The molecule has 0 aromatic heterocycles. The lowest BCUT2D eigenvalue weighted by molar-refractivity contribution is -0.190. The number of aliphatic hydroxyl groups is 1. The van der Waals surface area contributed by atoms with Crippen LogP contribution < -0.4 is 11.5 Å². The number of allylic oxidation sites excluding steroid dienone is 2. The van der Waals surface area contributed by atoms with Gasteiger partial charge in [-0.3, -0.25) is 4.79 Å². The van der Waals surface area contributed by atoms with Crippen molar-refractivity contribution in [3.05, 3.63) is 35.4 Å². The number of fused-ring (bicyclic) bond motifs is 5. The van der Waals surface area contributed by atoms with Gasteiger partial charge >= 0.3 is 0 Å². The number of nitrogens with two attached hydrogens (primary N) is 2. The topological polar surface area (TPSA) is 89.3 Å². The maximum Gasteiger partial charge on any atom is 0.163 e. The molecule has 1 aromatic carbocycles. The van der Waals surface area contributed by atoms with Crippen molar-refractivity contribution in [3.63, 3.8) is 0 Å². The first-order valence-corrected chi connectivity index (χ1v) is 16.9. The maximum absolute atomic E-state index is 13.8. The van der Waals surface area contributed by atoms with E-state index in [-0.39, 0.29) is 16.6 Å². The molecule has 0 spiro atoms. The summed E-state index contributed by atoms with van der Waals surface area (Å²) in [6.07, 6.45) is 15.5. The second-order valence-corrected chi connectivity index (χ2v) is 15.7. The summed E-state index contributed by atoms with van der Waals surface area (Å²) >= 11 is 0. The summed E-state index contributed by atoms with van der Waals surface area (Å²) in [5, 5.41) is 11.7. The maximum atomic E-state index is 13.8. The average molecular weight is 563 g/mol. The molecule has 228 valence electrons. The molecule has 10 unspecified atom stereocenters. The van der Waals surface area contributed by atoms with Crippen LogP contribution in [-0.4, -0.2) is 17.0 Å². The highest BCUT2D eigenvalue weighted by Gasteiger charge is 2.65. The van der Waals surface area contributed by atoms with Gasteiger partial charge in [-0.15, -0.1) is 0 Å². The third-order valence-electron chi connectivity index (χ3n) is 13.6. The van der Waals surface area contributed by atoms with E-state index in [1.165, 1.54) is 50.5 Å². The van der Waals surface area contributed by atoms with Crippen LogP contribution in [0.3, 0.4) is 0 Å². The second-order valence-electron chi connectivity index (χ2n) is 15.7. The van der Waals surface area contributed by atoms with E-state index >= 15 is 0 Å².